The van der Waals surface area contributed by atoms with Crippen LogP contribution in [0.15, 0.2) is 40.0 Å². The molecule has 29 heavy (non-hydrogen) atoms. The average Bonchev–Trinajstić information content (AvgIpc) is 3.40. The van der Waals surface area contributed by atoms with Crippen molar-refractivity contribution >= 4 is 28.6 Å². The summed E-state index contributed by atoms with van der Waals surface area (Å²) in [6.07, 6.45) is 0. The summed E-state index contributed by atoms with van der Waals surface area (Å²) in [6.45, 7) is 8.36. The molecular formula is C21H27N5OS2. The molecule has 1 aromatic carbocycles. The Hall–Kier alpha value is -2.45. The molecule has 0 spiro atoms. The highest BCUT2D eigenvalue weighted by molar-refractivity contribution is 7.13. The summed E-state index contributed by atoms with van der Waals surface area (Å²) in [6, 6.07) is 7.95. The maximum Gasteiger partial charge on any atom is 0.191 e. The lowest BCUT2D eigenvalue weighted by atomic mass is 10.2. The first kappa shape index (κ1) is 21.3. The smallest absolute Gasteiger partial charge is 0.191 e. The van der Waals surface area contributed by atoms with Gasteiger partial charge < -0.3 is 15.4 Å². The summed E-state index contributed by atoms with van der Waals surface area (Å²) in [5.41, 5.74) is 3.18. The van der Waals surface area contributed by atoms with Crippen molar-refractivity contribution < 1.29 is 4.74 Å². The second-order valence-electron chi connectivity index (χ2n) is 6.74. The van der Waals surface area contributed by atoms with Crippen LogP contribution >= 0.6 is 22.7 Å². The number of nitrogens with one attached hydrogen (secondary N) is 2. The van der Waals surface area contributed by atoms with E-state index in [0.29, 0.717) is 19.0 Å². The van der Waals surface area contributed by atoms with Gasteiger partial charge in [-0.15, -0.1) is 22.7 Å². The highest BCUT2D eigenvalue weighted by Gasteiger charge is 2.08. The van der Waals surface area contributed by atoms with Gasteiger partial charge in [-0.1, -0.05) is 13.8 Å². The molecule has 0 aliphatic heterocycles. The average molecular weight is 430 g/mol. The molecule has 0 saturated carbocycles. The van der Waals surface area contributed by atoms with E-state index in [0.717, 1.165) is 45.2 Å². The first-order valence-electron chi connectivity index (χ1n) is 9.64. The van der Waals surface area contributed by atoms with E-state index in [-0.39, 0.29) is 0 Å². The molecule has 2 heterocycles. The third-order valence-electron chi connectivity index (χ3n) is 4.20. The molecule has 0 aliphatic carbocycles. The van der Waals surface area contributed by atoms with Crippen molar-refractivity contribution in [2.45, 2.75) is 39.8 Å². The number of benzene rings is 1. The van der Waals surface area contributed by atoms with E-state index in [1.165, 1.54) is 0 Å². The van der Waals surface area contributed by atoms with Crippen LogP contribution in [0.5, 0.6) is 5.75 Å². The topological polar surface area (TPSA) is 71.4 Å². The number of hydrogen-bond donors (Lipinski definition) is 2. The van der Waals surface area contributed by atoms with Crippen molar-refractivity contribution in [2.24, 2.45) is 4.99 Å². The minimum atomic E-state index is 0.450. The van der Waals surface area contributed by atoms with Gasteiger partial charge in [-0.25, -0.2) is 15.0 Å². The highest BCUT2D eigenvalue weighted by atomic mass is 32.1. The monoisotopic (exact) mass is 429 g/mol. The van der Waals surface area contributed by atoms with Crippen LogP contribution in [0.3, 0.4) is 0 Å². The number of aliphatic imine (C=N–C) groups is 1. The third kappa shape index (κ3) is 6.01. The fraction of sp³-hybridized carbons (Fsp3) is 0.381. The Morgan fingerprint density at radius 1 is 1.10 bits per heavy atom. The minimum Gasteiger partial charge on any atom is -0.497 e. The Labute approximate surface area is 180 Å². The lowest BCUT2D eigenvalue weighted by molar-refractivity contribution is 0.415. The second-order valence-corrected chi connectivity index (χ2v) is 8.54. The van der Waals surface area contributed by atoms with E-state index >= 15 is 0 Å². The SMILES string of the molecule is CCNC(=NCc1csc(-c2ccc(OC)cc2)n1)NCc1nc(C(C)C)cs1. The predicted molar refractivity (Wildman–Crippen MR) is 122 cm³/mol. The zero-order chi connectivity index (χ0) is 20.6. The molecule has 3 aromatic rings. The second kappa shape index (κ2) is 10.4. The van der Waals surface area contributed by atoms with Crippen LogP contribution in [0.25, 0.3) is 10.6 Å². The molecule has 0 atom stereocenters. The maximum atomic E-state index is 5.21. The van der Waals surface area contributed by atoms with Crippen molar-refractivity contribution in [2.75, 3.05) is 13.7 Å². The summed E-state index contributed by atoms with van der Waals surface area (Å²) in [5.74, 6) is 2.07. The van der Waals surface area contributed by atoms with Crippen molar-refractivity contribution in [3.8, 4) is 16.3 Å². The van der Waals surface area contributed by atoms with E-state index in [1.54, 1.807) is 29.8 Å². The van der Waals surface area contributed by atoms with Gasteiger partial charge in [0.2, 0.25) is 0 Å². The Morgan fingerprint density at radius 2 is 1.90 bits per heavy atom. The number of rotatable bonds is 8. The molecule has 0 saturated heterocycles. The van der Waals surface area contributed by atoms with Gasteiger partial charge in [0, 0.05) is 22.9 Å². The molecule has 2 aromatic heterocycles. The molecule has 0 fully saturated rings. The Morgan fingerprint density at radius 3 is 2.55 bits per heavy atom. The lowest BCUT2D eigenvalue weighted by Gasteiger charge is -2.09. The zero-order valence-corrected chi connectivity index (χ0v) is 18.9. The number of ether oxygens (including phenoxy) is 1. The van der Waals surface area contributed by atoms with E-state index in [4.69, 9.17) is 9.72 Å². The molecule has 0 unspecified atom stereocenters. The van der Waals surface area contributed by atoms with Crippen LogP contribution in [0.2, 0.25) is 0 Å². The number of thiazole rings is 2. The molecule has 0 radical (unpaired) electrons. The lowest BCUT2D eigenvalue weighted by Crippen LogP contribution is -2.36. The summed E-state index contributed by atoms with van der Waals surface area (Å²) in [4.78, 5) is 14.0. The number of nitrogens with zero attached hydrogens (tertiary/aromatic N) is 3. The number of methoxy groups -OCH3 is 1. The standard InChI is InChI=1S/C21H27N5OS2/c1-5-22-21(24-11-19-26-18(13-28-19)14(2)3)23-10-16-12-29-20(25-16)15-6-8-17(27-4)9-7-15/h6-9,12-14H,5,10-11H2,1-4H3,(H2,22,23,24). The van der Waals surface area contributed by atoms with E-state index in [1.807, 2.05) is 24.3 Å². The third-order valence-corrected chi connectivity index (χ3v) is 6.01. The van der Waals surface area contributed by atoms with Crippen LogP contribution in [-0.4, -0.2) is 29.6 Å². The zero-order valence-electron chi connectivity index (χ0n) is 17.2. The number of aromatic nitrogens is 2. The van der Waals surface area contributed by atoms with Crippen molar-refractivity contribution in [3.63, 3.8) is 0 Å². The molecule has 0 amide bonds. The summed E-state index contributed by atoms with van der Waals surface area (Å²) < 4.78 is 5.21. The van der Waals surface area contributed by atoms with Gasteiger partial charge in [0.1, 0.15) is 15.8 Å². The van der Waals surface area contributed by atoms with Crippen molar-refractivity contribution in [1.29, 1.82) is 0 Å². The minimum absolute atomic E-state index is 0.450. The van der Waals surface area contributed by atoms with E-state index < -0.39 is 0 Å². The van der Waals surface area contributed by atoms with Gasteiger partial charge in [-0.2, -0.15) is 0 Å². The van der Waals surface area contributed by atoms with Crippen LogP contribution in [0.4, 0.5) is 0 Å². The van der Waals surface area contributed by atoms with Crippen LogP contribution < -0.4 is 15.4 Å². The predicted octanol–water partition coefficient (Wildman–Crippen LogP) is 4.65. The summed E-state index contributed by atoms with van der Waals surface area (Å²) in [5, 5.41) is 12.9. The number of guanidine groups is 1. The van der Waals surface area contributed by atoms with Crippen molar-refractivity contribution in [1.82, 2.24) is 20.6 Å². The van der Waals surface area contributed by atoms with Crippen LogP contribution in [-0.2, 0) is 13.1 Å². The number of hydrogen-bond acceptors (Lipinski definition) is 6. The van der Waals surface area contributed by atoms with Gasteiger partial charge in [0.25, 0.3) is 0 Å². The molecule has 2 N–H and O–H groups in total. The molecule has 0 aliphatic rings. The van der Waals surface area contributed by atoms with Gasteiger partial charge in [0.15, 0.2) is 5.96 Å². The molecule has 8 heteroatoms. The highest BCUT2D eigenvalue weighted by Crippen LogP contribution is 2.26. The summed E-state index contributed by atoms with van der Waals surface area (Å²) in [7, 11) is 1.67. The van der Waals surface area contributed by atoms with Crippen LogP contribution in [0, 0.1) is 0 Å². The van der Waals surface area contributed by atoms with Gasteiger partial charge in [0.05, 0.1) is 31.6 Å². The van der Waals surface area contributed by atoms with Gasteiger partial charge in [-0.05, 0) is 37.1 Å². The van der Waals surface area contributed by atoms with Gasteiger partial charge in [-0.3, -0.25) is 0 Å². The fourth-order valence-corrected chi connectivity index (χ4v) is 4.29. The quantitative estimate of drug-likeness (QED) is 0.403. The Kier molecular flexibility index (Phi) is 7.60. The normalized spacial score (nSPS) is 11.7. The van der Waals surface area contributed by atoms with Gasteiger partial charge >= 0.3 is 0 Å². The van der Waals surface area contributed by atoms with E-state index in [9.17, 15) is 0 Å². The largest absolute Gasteiger partial charge is 0.497 e. The Bertz CT molecular complexity index is 931. The maximum absolute atomic E-state index is 5.21. The Balaban J connectivity index is 1.61. The molecule has 0 bridgehead atoms. The fourth-order valence-electron chi connectivity index (χ4n) is 2.58. The first-order chi connectivity index (χ1) is 14.1. The molecule has 3 rings (SSSR count). The summed E-state index contributed by atoms with van der Waals surface area (Å²) >= 11 is 3.31. The molecule has 154 valence electrons. The first-order valence-corrected chi connectivity index (χ1v) is 11.4. The van der Waals surface area contributed by atoms with E-state index in [2.05, 4.69) is 52.1 Å². The van der Waals surface area contributed by atoms with Crippen molar-refractivity contribution in [3.05, 3.63) is 51.4 Å². The van der Waals surface area contributed by atoms with Crippen LogP contribution in [0.1, 0.15) is 43.1 Å². The molecule has 6 nitrogen and oxygen atoms in total. The molecular weight excluding hydrogens is 402 g/mol.